The number of carbonyl (C=O) groups is 2. The van der Waals surface area contributed by atoms with Crippen molar-refractivity contribution in [3.05, 3.63) is 64.9 Å². The van der Waals surface area contributed by atoms with E-state index in [0.29, 0.717) is 13.0 Å². The molecule has 1 amide bonds. The van der Waals surface area contributed by atoms with Gasteiger partial charge in [-0.15, -0.1) is 11.3 Å². The average molecular weight is 397 g/mol. The Balaban J connectivity index is 1.72. The van der Waals surface area contributed by atoms with Crippen molar-refractivity contribution in [2.75, 3.05) is 13.6 Å². The Hall–Kier alpha value is -2.86. The minimum absolute atomic E-state index is 0.0136. The van der Waals surface area contributed by atoms with Gasteiger partial charge in [-0.1, -0.05) is 42.5 Å². The Labute approximate surface area is 168 Å². The summed E-state index contributed by atoms with van der Waals surface area (Å²) in [5, 5.41) is 12.9. The first-order chi connectivity index (χ1) is 13.5. The molecule has 1 aromatic heterocycles. The fourth-order valence-corrected chi connectivity index (χ4v) is 3.81. The largest absolute Gasteiger partial charge is 0.484 e. The van der Waals surface area contributed by atoms with E-state index in [1.54, 1.807) is 23.3 Å². The first kappa shape index (κ1) is 19.9. The number of aliphatic carboxylic acids is 1. The maximum absolute atomic E-state index is 12.1. The maximum atomic E-state index is 12.1. The van der Waals surface area contributed by atoms with Crippen LogP contribution in [0.25, 0.3) is 10.8 Å². The number of fused-ring (bicyclic) bond motifs is 1. The molecule has 2 aromatic carbocycles. The summed E-state index contributed by atoms with van der Waals surface area (Å²) in [6.45, 7) is 0.492. The van der Waals surface area contributed by atoms with E-state index in [1.807, 2.05) is 47.8 Å². The SMILES string of the molecule is CN(CCC(Oc1cccc2ccccc12)c1cccs1)C(=O)CCC(=O)O. The molecule has 0 spiro atoms. The number of hydrogen-bond donors (Lipinski definition) is 1. The van der Waals surface area contributed by atoms with Crippen LogP contribution in [0.4, 0.5) is 0 Å². The van der Waals surface area contributed by atoms with Crippen LogP contribution in [-0.2, 0) is 9.59 Å². The minimum Gasteiger partial charge on any atom is -0.484 e. The summed E-state index contributed by atoms with van der Waals surface area (Å²) in [6, 6.07) is 18.1. The van der Waals surface area contributed by atoms with Crippen LogP contribution in [0.1, 0.15) is 30.2 Å². The van der Waals surface area contributed by atoms with E-state index in [-0.39, 0.29) is 24.9 Å². The standard InChI is InChI=1S/C22H23NO4S/c1-23(21(24)11-12-22(25)26)14-13-19(20-10-5-15-28-20)27-18-9-4-7-16-6-2-3-8-17(16)18/h2-10,15,19H,11-14H2,1H3,(H,25,26). The van der Waals surface area contributed by atoms with Crippen LogP contribution in [0.2, 0.25) is 0 Å². The van der Waals surface area contributed by atoms with Gasteiger partial charge in [0.25, 0.3) is 0 Å². The van der Waals surface area contributed by atoms with E-state index in [0.717, 1.165) is 21.4 Å². The van der Waals surface area contributed by atoms with Gasteiger partial charge in [0.15, 0.2) is 0 Å². The van der Waals surface area contributed by atoms with E-state index >= 15 is 0 Å². The quantitative estimate of drug-likeness (QED) is 0.567. The molecule has 1 heterocycles. The number of thiophene rings is 1. The number of amides is 1. The molecule has 3 rings (SSSR count). The number of carboxylic acid groups (broad SMARTS) is 1. The number of hydrogen-bond acceptors (Lipinski definition) is 4. The Bertz CT molecular complexity index is 933. The molecule has 1 atom stereocenters. The molecule has 146 valence electrons. The second-order valence-corrected chi connectivity index (χ2v) is 7.58. The molecule has 1 N–H and O–H groups in total. The van der Waals surface area contributed by atoms with Crippen molar-refractivity contribution in [1.82, 2.24) is 4.90 Å². The fourth-order valence-electron chi connectivity index (χ4n) is 3.03. The lowest BCUT2D eigenvalue weighted by Gasteiger charge is -2.23. The van der Waals surface area contributed by atoms with Crippen LogP contribution < -0.4 is 4.74 Å². The third-order valence-corrected chi connectivity index (χ3v) is 5.55. The van der Waals surface area contributed by atoms with Crippen LogP contribution in [0.15, 0.2) is 60.0 Å². The fraction of sp³-hybridized carbons (Fsp3) is 0.273. The van der Waals surface area contributed by atoms with Crippen LogP contribution in [0.5, 0.6) is 5.75 Å². The van der Waals surface area contributed by atoms with Gasteiger partial charge >= 0.3 is 5.97 Å². The predicted molar refractivity (Wildman–Crippen MR) is 111 cm³/mol. The molecule has 28 heavy (non-hydrogen) atoms. The van der Waals surface area contributed by atoms with Gasteiger partial charge in [0.2, 0.25) is 5.91 Å². The summed E-state index contributed by atoms with van der Waals surface area (Å²) in [6.07, 6.45) is 0.309. The molecule has 1 unspecified atom stereocenters. The molecule has 0 fully saturated rings. The van der Waals surface area contributed by atoms with Gasteiger partial charge in [0.1, 0.15) is 11.9 Å². The van der Waals surface area contributed by atoms with Crippen molar-refractivity contribution in [1.29, 1.82) is 0 Å². The smallest absolute Gasteiger partial charge is 0.303 e. The normalized spacial score (nSPS) is 11.9. The highest BCUT2D eigenvalue weighted by Gasteiger charge is 2.19. The summed E-state index contributed by atoms with van der Waals surface area (Å²) in [5.74, 6) is -0.314. The van der Waals surface area contributed by atoms with E-state index < -0.39 is 5.97 Å². The number of ether oxygens (including phenoxy) is 1. The van der Waals surface area contributed by atoms with Crippen molar-refractivity contribution >= 4 is 34.0 Å². The number of carbonyl (C=O) groups excluding carboxylic acids is 1. The van der Waals surface area contributed by atoms with Crippen LogP contribution in [0, 0.1) is 0 Å². The molecule has 0 aliphatic rings. The Kier molecular flexibility index (Phi) is 6.66. The van der Waals surface area contributed by atoms with E-state index in [4.69, 9.17) is 9.84 Å². The summed E-state index contributed by atoms with van der Waals surface area (Å²) in [7, 11) is 1.70. The van der Waals surface area contributed by atoms with Crippen molar-refractivity contribution in [3.8, 4) is 5.75 Å². The van der Waals surface area contributed by atoms with Gasteiger partial charge < -0.3 is 14.7 Å². The van der Waals surface area contributed by atoms with E-state index in [2.05, 4.69) is 12.1 Å². The third-order valence-electron chi connectivity index (χ3n) is 4.58. The third kappa shape index (κ3) is 5.10. The number of rotatable bonds is 9. The molecular weight excluding hydrogens is 374 g/mol. The van der Waals surface area contributed by atoms with Crippen molar-refractivity contribution in [2.24, 2.45) is 0 Å². The predicted octanol–water partition coefficient (Wildman–Crippen LogP) is 4.73. The van der Waals surface area contributed by atoms with Crippen LogP contribution in [0.3, 0.4) is 0 Å². The van der Waals surface area contributed by atoms with Crippen molar-refractivity contribution < 1.29 is 19.4 Å². The zero-order chi connectivity index (χ0) is 19.9. The van der Waals surface area contributed by atoms with Gasteiger partial charge in [-0.2, -0.15) is 0 Å². The summed E-state index contributed by atoms with van der Waals surface area (Å²) in [5.41, 5.74) is 0. The first-order valence-corrected chi connectivity index (χ1v) is 10.1. The van der Waals surface area contributed by atoms with E-state index in [9.17, 15) is 9.59 Å². The van der Waals surface area contributed by atoms with Gasteiger partial charge in [-0.3, -0.25) is 9.59 Å². The molecule has 0 bridgehead atoms. The van der Waals surface area contributed by atoms with Gasteiger partial charge in [0.05, 0.1) is 6.42 Å². The maximum Gasteiger partial charge on any atom is 0.303 e. The molecular formula is C22H23NO4S. The monoisotopic (exact) mass is 397 g/mol. The molecule has 0 aliphatic heterocycles. The molecule has 6 heteroatoms. The van der Waals surface area contributed by atoms with Gasteiger partial charge in [-0.05, 0) is 22.9 Å². The molecule has 0 saturated heterocycles. The average Bonchev–Trinajstić information content (AvgIpc) is 3.23. The highest BCUT2D eigenvalue weighted by Crippen LogP contribution is 2.32. The molecule has 5 nitrogen and oxygen atoms in total. The highest BCUT2D eigenvalue weighted by molar-refractivity contribution is 7.10. The minimum atomic E-state index is -0.961. The summed E-state index contributed by atoms with van der Waals surface area (Å²) in [4.78, 5) is 25.4. The Morgan fingerprint density at radius 3 is 2.61 bits per heavy atom. The lowest BCUT2D eigenvalue weighted by molar-refractivity contribution is -0.140. The Morgan fingerprint density at radius 1 is 1.07 bits per heavy atom. The van der Waals surface area contributed by atoms with Crippen LogP contribution >= 0.6 is 11.3 Å². The van der Waals surface area contributed by atoms with Gasteiger partial charge in [-0.25, -0.2) is 0 Å². The first-order valence-electron chi connectivity index (χ1n) is 9.18. The van der Waals surface area contributed by atoms with Crippen molar-refractivity contribution in [2.45, 2.75) is 25.4 Å². The summed E-state index contributed by atoms with van der Waals surface area (Å²) < 4.78 is 6.38. The second kappa shape index (κ2) is 9.37. The molecule has 0 aliphatic carbocycles. The molecule has 0 radical (unpaired) electrons. The zero-order valence-corrected chi connectivity index (χ0v) is 16.5. The lowest BCUT2D eigenvalue weighted by Crippen LogP contribution is -2.29. The molecule has 0 saturated carbocycles. The highest BCUT2D eigenvalue weighted by atomic mass is 32.1. The Morgan fingerprint density at radius 2 is 1.86 bits per heavy atom. The van der Waals surface area contributed by atoms with Crippen molar-refractivity contribution in [3.63, 3.8) is 0 Å². The molecule has 3 aromatic rings. The number of benzene rings is 2. The second-order valence-electron chi connectivity index (χ2n) is 6.60. The lowest BCUT2D eigenvalue weighted by atomic mass is 10.1. The number of carboxylic acids is 1. The summed E-state index contributed by atoms with van der Waals surface area (Å²) >= 11 is 1.62. The number of nitrogens with zero attached hydrogens (tertiary/aromatic N) is 1. The van der Waals surface area contributed by atoms with Crippen LogP contribution in [-0.4, -0.2) is 35.5 Å². The zero-order valence-electron chi connectivity index (χ0n) is 15.7. The van der Waals surface area contributed by atoms with E-state index in [1.165, 1.54) is 0 Å². The van der Waals surface area contributed by atoms with Gasteiger partial charge in [0, 0.05) is 36.7 Å². The topological polar surface area (TPSA) is 66.8 Å².